The maximum atomic E-state index is 13.6. The molecule has 0 unspecified atom stereocenters. The average Bonchev–Trinajstić information content (AvgIpc) is 3.09. The third kappa shape index (κ3) is 2.58. The number of nitrogens with zero attached hydrogens (tertiary/aromatic N) is 2. The zero-order valence-corrected chi connectivity index (χ0v) is 10.3. The normalized spacial score (nSPS) is 14.8. The van der Waals surface area contributed by atoms with E-state index in [2.05, 4.69) is 18.7 Å². The minimum absolute atomic E-state index is 0.181. The summed E-state index contributed by atoms with van der Waals surface area (Å²) in [7, 11) is 0. The standard InChI is InChI=1S/C14H17FN2/c1-10(2)9-17(11-6-7-11)14-5-3-4-13(15)12(14)8-16/h3-5,10-11H,6-7,9H2,1-2H3. The van der Waals surface area contributed by atoms with Crippen molar-refractivity contribution in [1.29, 1.82) is 5.26 Å². The van der Waals surface area contributed by atoms with Gasteiger partial charge in [-0.3, -0.25) is 0 Å². The molecule has 0 N–H and O–H groups in total. The van der Waals surface area contributed by atoms with Crippen LogP contribution in [0.15, 0.2) is 18.2 Å². The number of hydrogen-bond donors (Lipinski definition) is 0. The molecule has 0 saturated heterocycles. The Kier molecular flexibility index (Phi) is 3.33. The Balaban J connectivity index is 2.36. The quantitative estimate of drug-likeness (QED) is 0.796. The minimum Gasteiger partial charge on any atom is -0.367 e. The summed E-state index contributed by atoms with van der Waals surface area (Å²) in [4.78, 5) is 2.19. The molecule has 0 spiro atoms. The number of hydrogen-bond acceptors (Lipinski definition) is 2. The molecule has 1 fully saturated rings. The van der Waals surface area contributed by atoms with Gasteiger partial charge in [0.2, 0.25) is 0 Å². The summed E-state index contributed by atoms with van der Waals surface area (Å²) < 4.78 is 13.6. The van der Waals surface area contributed by atoms with Gasteiger partial charge in [-0.2, -0.15) is 5.26 Å². The zero-order chi connectivity index (χ0) is 12.4. The van der Waals surface area contributed by atoms with Gasteiger partial charge in [-0.05, 0) is 30.9 Å². The fourth-order valence-electron chi connectivity index (χ4n) is 2.09. The van der Waals surface area contributed by atoms with Crippen molar-refractivity contribution in [2.45, 2.75) is 32.7 Å². The first-order valence-corrected chi connectivity index (χ1v) is 6.08. The van der Waals surface area contributed by atoms with Gasteiger partial charge in [0.05, 0.1) is 5.69 Å². The molecule has 1 aliphatic rings. The summed E-state index contributed by atoms with van der Waals surface area (Å²) in [6.07, 6.45) is 2.29. The van der Waals surface area contributed by atoms with Crippen LogP contribution in [0.4, 0.5) is 10.1 Å². The second-order valence-electron chi connectivity index (χ2n) is 5.02. The maximum Gasteiger partial charge on any atom is 0.143 e. The van der Waals surface area contributed by atoms with E-state index in [1.54, 1.807) is 6.07 Å². The number of rotatable bonds is 4. The zero-order valence-electron chi connectivity index (χ0n) is 10.3. The fraction of sp³-hybridized carbons (Fsp3) is 0.500. The molecule has 1 aliphatic carbocycles. The first kappa shape index (κ1) is 11.9. The number of halogens is 1. The molecular weight excluding hydrogens is 215 g/mol. The van der Waals surface area contributed by atoms with E-state index in [1.165, 1.54) is 6.07 Å². The van der Waals surface area contributed by atoms with Gasteiger partial charge >= 0.3 is 0 Å². The van der Waals surface area contributed by atoms with Gasteiger partial charge in [0, 0.05) is 12.6 Å². The Labute approximate surface area is 102 Å². The lowest BCUT2D eigenvalue weighted by Crippen LogP contribution is -2.30. The van der Waals surface area contributed by atoms with Gasteiger partial charge in [-0.25, -0.2) is 4.39 Å². The van der Waals surface area contributed by atoms with Crippen LogP contribution in [0.5, 0.6) is 0 Å². The Morgan fingerprint density at radius 2 is 2.18 bits per heavy atom. The molecule has 3 heteroatoms. The van der Waals surface area contributed by atoms with E-state index in [4.69, 9.17) is 5.26 Å². The highest BCUT2D eigenvalue weighted by Gasteiger charge is 2.31. The lowest BCUT2D eigenvalue weighted by Gasteiger charge is -2.27. The summed E-state index contributed by atoms with van der Waals surface area (Å²) in [6, 6.07) is 7.36. The summed E-state index contributed by atoms with van der Waals surface area (Å²) in [5.41, 5.74) is 0.934. The fourth-order valence-corrected chi connectivity index (χ4v) is 2.09. The van der Waals surface area contributed by atoms with Crippen LogP contribution in [0, 0.1) is 23.1 Å². The summed E-state index contributed by atoms with van der Waals surface area (Å²) in [5, 5.41) is 9.07. The van der Waals surface area contributed by atoms with Gasteiger partial charge in [-0.15, -0.1) is 0 Å². The second kappa shape index (κ2) is 4.75. The lowest BCUT2D eigenvalue weighted by molar-refractivity contribution is 0.598. The van der Waals surface area contributed by atoms with Crippen LogP contribution < -0.4 is 4.90 Å². The molecule has 0 bridgehead atoms. The van der Waals surface area contributed by atoms with Gasteiger partial charge in [0.1, 0.15) is 17.4 Å². The monoisotopic (exact) mass is 232 g/mol. The van der Waals surface area contributed by atoms with Gasteiger partial charge in [-0.1, -0.05) is 19.9 Å². The van der Waals surface area contributed by atoms with Crippen molar-refractivity contribution in [3.63, 3.8) is 0 Å². The molecular formula is C14H17FN2. The Bertz CT molecular complexity index is 444. The van der Waals surface area contributed by atoms with Crippen LogP contribution in [-0.4, -0.2) is 12.6 Å². The number of anilines is 1. The van der Waals surface area contributed by atoms with E-state index in [0.717, 1.165) is 25.1 Å². The van der Waals surface area contributed by atoms with Crippen molar-refractivity contribution in [2.75, 3.05) is 11.4 Å². The number of benzene rings is 1. The van der Waals surface area contributed by atoms with E-state index in [0.29, 0.717) is 12.0 Å². The van der Waals surface area contributed by atoms with E-state index in [1.807, 2.05) is 12.1 Å². The summed E-state index contributed by atoms with van der Waals surface area (Å²) >= 11 is 0. The molecule has 2 nitrogen and oxygen atoms in total. The van der Waals surface area contributed by atoms with Crippen molar-refractivity contribution in [1.82, 2.24) is 0 Å². The lowest BCUT2D eigenvalue weighted by atomic mass is 10.1. The third-order valence-electron chi connectivity index (χ3n) is 2.96. The predicted molar refractivity (Wildman–Crippen MR) is 66.3 cm³/mol. The van der Waals surface area contributed by atoms with Gasteiger partial charge < -0.3 is 4.90 Å². The van der Waals surface area contributed by atoms with Gasteiger partial charge in [0.15, 0.2) is 0 Å². The Hall–Kier alpha value is -1.56. The highest BCUT2D eigenvalue weighted by molar-refractivity contribution is 5.61. The van der Waals surface area contributed by atoms with E-state index in [-0.39, 0.29) is 5.56 Å². The molecule has 2 rings (SSSR count). The molecule has 1 saturated carbocycles. The van der Waals surface area contributed by atoms with E-state index in [9.17, 15) is 4.39 Å². The SMILES string of the molecule is CC(C)CN(c1cccc(F)c1C#N)C1CC1. The molecule has 90 valence electrons. The smallest absolute Gasteiger partial charge is 0.143 e. The van der Waals surface area contributed by atoms with E-state index < -0.39 is 5.82 Å². The maximum absolute atomic E-state index is 13.6. The van der Waals surface area contributed by atoms with Crippen molar-refractivity contribution < 1.29 is 4.39 Å². The first-order valence-electron chi connectivity index (χ1n) is 6.08. The predicted octanol–water partition coefficient (Wildman–Crippen LogP) is 3.32. The van der Waals surface area contributed by atoms with Crippen LogP contribution in [-0.2, 0) is 0 Å². The van der Waals surface area contributed by atoms with Crippen molar-refractivity contribution >= 4 is 5.69 Å². The van der Waals surface area contributed by atoms with Crippen LogP contribution in [0.25, 0.3) is 0 Å². The largest absolute Gasteiger partial charge is 0.367 e. The topological polar surface area (TPSA) is 27.0 Å². The average molecular weight is 232 g/mol. The Morgan fingerprint density at radius 1 is 1.47 bits per heavy atom. The highest BCUT2D eigenvalue weighted by atomic mass is 19.1. The third-order valence-corrected chi connectivity index (χ3v) is 2.96. The molecule has 17 heavy (non-hydrogen) atoms. The van der Waals surface area contributed by atoms with Crippen molar-refractivity contribution in [3.05, 3.63) is 29.6 Å². The van der Waals surface area contributed by atoms with Crippen molar-refractivity contribution in [3.8, 4) is 6.07 Å². The van der Waals surface area contributed by atoms with Crippen LogP contribution >= 0.6 is 0 Å². The minimum atomic E-state index is -0.417. The van der Waals surface area contributed by atoms with Crippen LogP contribution in [0.1, 0.15) is 32.3 Å². The van der Waals surface area contributed by atoms with Crippen LogP contribution in [0.2, 0.25) is 0 Å². The van der Waals surface area contributed by atoms with Gasteiger partial charge in [0.25, 0.3) is 0 Å². The summed E-state index contributed by atoms with van der Waals surface area (Å²) in [6.45, 7) is 5.16. The molecule has 0 aliphatic heterocycles. The van der Waals surface area contributed by atoms with E-state index >= 15 is 0 Å². The molecule has 1 aromatic rings. The Morgan fingerprint density at radius 3 is 2.71 bits per heavy atom. The number of nitriles is 1. The second-order valence-corrected chi connectivity index (χ2v) is 5.02. The molecule has 0 radical (unpaired) electrons. The molecule has 0 atom stereocenters. The molecule has 0 aromatic heterocycles. The van der Waals surface area contributed by atoms with Crippen LogP contribution in [0.3, 0.4) is 0 Å². The molecule has 0 heterocycles. The molecule has 0 amide bonds. The molecule has 1 aromatic carbocycles. The summed E-state index contributed by atoms with van der Waals surface area (Å²) in [5.74, 6) is 0.0878. The highest BCUT2D eigenvalue weighted by Crippen LogP contribution is 2.34. The van der Waals surface area contributed by atoms with Crippen molar-refractivity contribution in [2.24, 2.45) is 5.92 Å². The first-order chi connectivity index (χ1) is 8.13.